The van der Waals surface area contributed by atoms with E-state index in [1.165, 1.54) is 0 Å². The fourth-order valence-electron chi connectivity index (χ4n) is 1.16. The van der Waals surface area contributed by atoms with Gasteiger partial charge in [-0.1, -0.05) is 24.3 Å². The number of hydrogen-bond donors (Lipinski definition) is 0. The van der Waals surface area contributed by atoms with E-state index >= 15 is 0 Å². The van der Waals surface area contributed by atoms with Crippen LogP contribution in [-0.2, 0) is 4.79 Å². The van der Waals surface area contributed by atoms with Crippen molar-refractivity contribution in [2.24, 2.45) is 0 Å². The second kappa shape index (κ2) is 2.41. The van der Waals surface area contributed by atoms with Gasteiger partial charge in [-0.25, -0.2) is 0 Å². The number of benzene rings is 1. The maximum Gasteiger partial charge on any atom is 0.234 e. The van der Waals surface area contributed by atoms with Crippen LogP contribution in [-0.4, -0.2) is 11.6 Å². The fraction of sp³-hybridized carbons (Fsp3) is 0. The summed E-state index contributed by atoms with van der Waals surface area (Å²) in [6.07, 6.45) is 3.92. The first-order valence-corrected chi connectivity index (χ1v) is 3.56. The number of rotatable bonds is 0. The molecule has 0 saturated heterocycles. The average Bonchev–Trinajstić information content (AvgIpc) is 2.12. The Morgan fingerprint density at radius 2 is 1.83 bits per heavy atom. The zero-order valence-corrected chi connectivity index (χ0v) is 6.20. The molecule has 0 spiro atoms. The van der Waals surface area contributed by atoms with Gasteiger partial charge in [0.15, 0.2) is 0 Å². The molecule has 0 N–H and O–H groups in total. The van der Waals surface area contributed by atoms with Gasteiger partial charge < -0.3 is 0 Å². The van der Waals surface area contributed by atoms with Gasteiger partial charge in [0, 0.05) is 11.6 Å². The molecular weight excluding hydrogens is 152 g/mol. The van der Waals surface area contributed by atoms with Crippen LogP contribution in [0.4, 0.5) is 0 Å². The molecule has 0 amide bonds. The predicted molar refractivity (Wildman–Crippen MR) is 43.5 cm³/mol. The van der Waals surface area contributed by atoms with Gasteiger partial charge in [-0.15, -0.1) is 0 Å². The maximum atomic E-state index is 11.2. The molecule has 0 unspecified atom stereocenters. The van der Waals surface area contributed by atoms with Gasteiger partial charge in [-0.2, -0.15) is 0 Å². The van der Waals surface area contributed by atoms with E-state index in [4.69, 9.17) is 0 Å². The van der Waals surface area contributed by atoms with Crippen LogP contribution in [0.25, 0.3) is 6.08 Å². The van der Waals surface area contributed by atoms with E-state index in [-0.39, 0.29) is 0 Å². The van der Waals surface area contributed by atoms with Crippen LogP contribution in [0.5, 0.6) is 0 Å². The molecule has 1 aromatic carbocycles. The van der Waals surface area contributed by atoms with E-state index in [9.17, 15) is 9.59 Å². The average molecular weight is 157 g/mol. The van der Waals surface area contributed by atoms with Gasteiger partial charge in [0.05, 0.1) is 0 Å². The van der Waals surface area contributed by atoms with E-state index in [2.05, 4.69) is 6.08 Å². The number of fused-ring (bicyclic) bond motifs is 1. The second-order valence-electron chi connectivity index (χ2n) is 2.53. The molecule has 57 valence electrons. The first kappa shape index (κ1) is 6.98. The third-order valence-corrected chi connectivity index (χ3v) is 1.77. The monoisotopic (exact) mass is 157 g/mol. The highest BCUT2D eigenvalue weighted by molar-refractivity contribution is 6.48. The zero-order chi connectivity index (χ0) is 8.55. The van der Waals surface area contributed by atoms with Crippen molar-refractivity contribution in [2.45, 2.75) is 0 Å². The van der Waals surface area contributed by atoms with E-state index in [1.54, 1.807) is 24.3 Å². The molecule has 1 aliphatic carbocycles. The number of hydrogen-bond acceptors (Lipinski definition) is 2. The van der Waals surface area contributed by atoms with Crippen molar-refractivity contribution in [1.29, 1.82) is 0 Å². The predicted octanol–water partition coefficient (Wildman–Crippen LogP) is 1.27. The quantitative estimate of drug-likeness (QED) is 0.531. The molecule has 0 atom stereocenters. The van der Waals surface area contributed by atoms with Crippen LogP contribution in [0.15, 0.2) is 24.3 Å². The summed E-state index contributed by atoms with van der Waals surface area (Å²) in [4.78, 5) is 22.0. The lowest BCUT2D eigenvalue weighted by atomic mass is 9.96. The van der Waals surface area contributed by atoms with E-state index in [1.807, 2.05) is 6.07 Å². The van der Waals surface area contributed by atoms with E-state index in [0.717, 1.165) is 5.56 Å². The summed E-state index contributed by atoms with van der Waals surface area (Å²) in [6.45, 7) is 0. The molecular formula is C10H5O2. The van der Waals surface area contributed by atoms with Crippen molar-refractivity contribution in [2.75, 3.05) is 0 Å². The Morgan fingerprint density at radius 3 is 2.67 bits per heavy atom. The minimum Gasteiger partial charge on any atom is -0.285 e. The van der Waals surface area contributed by atoms with Gasteiger partial charge in [0.1, 0.15) is 0 Å². The molecule has 0 heterocycles. The van der Waals surface area contributed by atoms with Crippen LogP contribution in [0, 0.1) is 6.08 Å². The van der Waals surface area contributed by atoms with Crippen molar-refractivity contribution in [3.8, 4) is 0 Å². The lowest BCUT2D eigenvalue weighted by molar-refractivity contribution is -0.111. The fourth-order valence-corrected chi connectivity index (χ4v) is 1.16. The third-order valence-electron chi connectivity index (χ3n) is 1.77. The summed E-state index contributed by atoms with van der Waals surface area (Å²) in [5.74, 6) is -1.03. The molecule has 1 aliphatic rings. The largest absolute Gasteiger partial charge is 0.285 e. The van der Waals surface area contributed by atoms with Crippen LogP contribution in [0.2, 0.25) is 0 Å². The molecule has 1 aromatic rings. The Morgan fingerprint density at radius 1 is 1.08 bits per heavy atom. The number of carbonyl (C=O) groups excluding carboxylic acids is 2. The SMILES string of the molecule is O=C1[C]=Cc2ccccc2C1=O. The smallest absolute Gasteiger partial charge is 0.234 e. The first-order chi connectivity index (χ1) is 5.79. The summed E-state index contributed by atoms with van der Waals surface area (Å²) in [6, 6.07) is 6.99. The summed E-state index contributed by atoms with van der Waals surface area (Å²) >= 11 is 0. The Balaban J connectivity index is 2.67. The molecule has 2 nitrogen and oxygen atoms in total. The number of Topliss-reactive ketones (excluding diaryl/α,β-unsaturated/α-hetero) is 2. The minimum atomic E-state index is -0.561. The topological polar surface area (TPSA) is 34.1 Å². The highest BCUT2D eigenvalue weighted by Crippen LogP contribution is 2.15. The molecule has 0 bridgehead atoms. The molecule has 1 radical (unpaired) electrons. The highest BCUT2D eigenvalue weighted by Gasteiger charge is 2.19. The van der Waals surface area contributed by atoms with Gasteiger partial charge >= 0.3 is 0 Å². The molecule has 12 heavy (non-hydrogen) atoms. The van der Waals surface area contributed by atoms with Crippen LogP contribution >= 0.6 is 0 Å². The van der Waals surface area contributed by atoms with Gasteiger partial charge in [-0.05, 0) is 11.6 Å². The Kier molecular flexibility index (Phi) is 1.40. The Labute approximate surface area is 69.5 Å². The Bertz CT molecular complexity index is 389. The number of ketones is 2. The van der Waals surface area contributed by atoms with Crippen LogP contribution in [0.1, 0.15) is 15.9 Å². The molecule has 0 aromatic heterocycles. The summed E-state index contributed by atoms with van der Waals surface area (Å²) < 4.78 is 0. The normalized spacial score (nSPS) is 14.7. The summed E-state index contributed by atoms with van der Waals surface area (Å²) in [5.41, 5.74) is 1.24. The second-order valence-corrected chi connectivity index (χ2v) is 2.53. The van der Waals surface area contributed by atoms with Crippen molar-refractivity contribution in [1.82, 2.24) is 0 Å². The molecule has 2 heteroatoms. The standard InChI is InChI=1S/C10H5O2/c11-9-6-5-7-3-1-2-4-8(7)10(9)12/h1-5H. The molecule has 0 saturated carbocycles. The van der Waals surface area contributed by atoms with Crippen molar-refractivity contribution in [3.05, 3.63) is 41.5 Å². The summed E-state index contributed by atoms with van der Waals surface area (Å²) in [7, 11) is 0. The van der Waals surface area contributed by atoms with Gasteiger partial charge in [0.25, 0.3) is 0 Å². The zero-order valence-electron chi connectivity index (χ0n) is 6.20. The van der Waals surface area contributed by atoms with Crippen molar-refractivity contribution in [3.63, 3.8) is 0 Å². The number of allylic oxidation sites excluding steroid dienone is 1. The van der Waals surface area contributed by atoms with Crippen LogP contribution < -0.4 is 0 Å². The van der Waals surface area contributed by atoms with Crippen molar-refractivity contribution < 1.29 is 9.59 Å². The highest BCUT2D eigenvalue weighted by atomic mass is 16.2. The van der Waals surface area contributed by atoms with E-state index < -0.39 is 11.6 Å². The van der Waals surface area contributed by atoms with Gasteiger partial charge in [0.2, 0.25) is 11.6 Å². The maximum absolute atomic E-state index is 11.2. The van der Waals surface area contributed by atoms with Crippen molar-refractivity contribution >= 4 is 17.6 Å². The third kappa shape index (κ3) is 0.889. The number of carbonyl (C=O) groups is 2. The first-order valence-electron chi connectivity index (χ1n) is 3.56. The summed E-state index contributed by atoms with van der Waals surface area (Å²) in [5, 5.41) is 0. The molecule has 2 rings (SSSR count). The Hall–Kier alpha value is -1.70. The lowest BCUT2D eigenvalue weighted by Crippen LogP contribution is -2.16. The lowest BCUT2D eigenvalue weighted by Gasteiger charge is -2.05. The molecule has 0 fully saturated rings. The van der Waals surface area contributed by atoms with E-state index in [0.29, 0.717) is 5.56 Å². The molecule has 0 aliphatic heterocycles. The minimum absolute atomic E-state index is 0.465. The van der Waals surface area contributed by atoms with Gasteiger partial charge in [-0.3, -0.25) is 9.59 Å². The van der Waals surface area contributed by atoms with Crippen LogP contribution in [0.3, 0.4) is 0 Å².